The van der Waals surface area contributed by atoms with Crippen LogP contribution < -0.4 is 10.6 Å². The van der Waals surface area contributed by atoms with Crippen LogP contribution in [-0.4, -0.2) is 53.6 Å². The molecular weight excluding hydrogens is 278 g/mol. The Kier molecular flexibility index (Phi) is 5.79. The van der Waals surface area contributed by atoms with Gasteiger partial charge in [-0.3, -0.25) is 0 Å². The van der Waals surface area contributed by atoms with Gasteiger partial charge in [-0.25, -0.2) is 12.7 Å². The number of anilines is 2. The molecule has 0 spiro atoms. The lowest BCUT2D eigenvalue weighted by molar-refractivity contribution is 0.154. The summed E-state index contributed by atoms with van der Waals surface area (Å²) in [6.45, 7) is 3.79. The van der Waals surface area contributed by atoms with Crippen LogP contribution in [0.2, 0.25) is 0 Å². The number of ether oxygens (including phenoxy) is 1. The number of nitrogen functional groups attached to an aromatic ring is 1. The standard InChI is InChI=1S/C13H23N3O3S/c1-5-19-10-9-16(4)11-7-6-8-12(13(11)14)20(17,18)15(2)3/h6-8H,5,9-10,14H2,1-4H3. The molecule has 1 rings (SSSR count). The molecule has 0 unspecified atom stereocenters. The van der Waals surface area contributed by atoms with Crippen molar-refractivity contribution in [1.82, 2.24) is 4.31 Å². The number of hydrogen-bond acceptors (Lipinski definition) is 5. The number of benzene rings is 1. The summed E-state index contributed by atoms with van der Waals surface area (Å²) in [6, 6.07) is 5.01. The van der Waals surface area contributed by atoms with E-state index >= 15 is 0 Å². The number of hydrogen-bond donors (Lipinski definition) is 1. The van der Waals surface area contributed by atoms with Gasteiger partial charge in [0.05, 0.1) is 18.0 Å². The lowest BCUT2D eigenvalue weighted by Crippen LogP contribution is -2.26. The van der Waals surface area contributed by atoms with Crippen LogP contribution in [0, 0.1) is 0 Å². The third-order valence-corrected chi connectivity index (χ3v) is 4.86. The molecule has 0 bridgehead atoms. The van der Waals surface area contributed by atoms with Crippen molar-refractivity contribution >= 4 is 21.4 Å². The van der Waals surface area contributed by atoms with E-state index in [1.165, 1.54) is 20.2 Å². The SMILES string of the molecule is CCOCCN(C)c1cccc(S(=O)(=O)N(C)C)c1N. The van der Waals surface area contributed by atoms with Gasteiger partial charge >= 0.3 is 0 Å². The van der Waals surface area contributed by atoms with E-state index in [0.29, 0.717) is 25.4 Å². The maximum absolute atomic E-state index is 12.2. The van der Waals surface area contributed by atoms with Crippen LogP contribution in [0.3, 0.4) is 0 Å². The van der Waals surface area contributed by atoms with Gasteiger partial charge in [-0.1, -0.05) is 6.07 Å². The van der Waals surface area contributed by atoms with E-state index in [1.54, 1.807) is 12.1 Å². The van der Waals surface area contributed by atoms with Crippen LogP contribution >= 0.6 is 0 Å². The Morgan fingerprint density at radius 3 is 2.45 bits per heavy atom. The molecule has 1 aromatic rings. The second-order valence-corrected chi connectivity index (χ2v) is 6.72. The highest BCUT2D eigenvalue weighted by Gasteiger charge is 2.22. The molecule has 6 nitrogen and oxygen atoms in total. The monoisotopic (exact) mass is 301 g/mol. The number of nitrogens with two attached hydrogens (primary N) is 1. The summed E-state index contributed by atoms with van der Waals surface area (Å²) in [5.74, 6) is 0. The molecule has 114 valence electrons. The first-order valence-corrected chi connectivity index (χ1v) is 7.86. The summed E-state index contributed by atoms with van der Waals surface area (Å²) in [6.07, 6.45) is 0. The molecule has 2 N–H and O–H groups in total. The Morgan fingerprint density at radius 1 is 1.25 bits per heavy atom. The molecule has 1 aromatic carbocycles. The summed E-state index contributed by atoms with van der Waals surface area (Å²) in [5, 5.41) is 0. The van der Waals surface area contributed by atoms with Crippen LogP contribution in [0.25, 0.3) is 0 Å². The fourth-order valence-corrected chi connectivity index (χ4v) is 2.78. The molecule has 0 aliphatic rings. The van der Waals surface area contributed by atoms with E-state index in [0.717, 1.165) is 4.31 Å². The molecule has 0 aromatic heterocycles. The van der Waals surface area contributed by atoms with Gasteiger partial charge < -0.3 is 15.4 Å². The second kappa shape index (κ2) is 6.92. The van der Waals surface area contributed by atoms with Gasteiger partial charge in [0.1, 0.15) is 4.90 Å². The predicted molar refractivity (Wildman–Crippen MR) is 81.5 cm³/mol. The zero-order valence-electron chi connectivity index (χ0n) is 12.5. The number of rotatable bonds is 7. The van der Waals surface area contributed by atoms with E-state index in [1.807, 2.05) is 18.9 Å². The van der Waals surface area contributed by atoms with Crippen molar-refractivity contribution in [2.24, 2.45) is 0 Å². The van der Waals surface area contributed by atoms with Crippen molar-refractivity contribution in [1.29, 1.82) is 0 Å². The molecule has 0 aliphatic heterocycles. The minimum Gasteiger partial charge on any atom is -0.396 e. The van der Waals surface area contributed by atoms with E-state index in [-0.39, 0.29) is 10.6 Å². The molecule has 0 aliphatic carbocycles. The predicted octanol–water partition coefficient (Wildman–Crippen LogP) is 0.992. The van der Waals surface area contributed by atoms with E-state index < -0.39 is 10.0 Å². The number of sulfonamides is 1. The third kappa shape index (κ3) is 3.62. The van der Waals surface area contributed by atoms with E-state index in [9.17, 15) is 8.42 Å². The quantitative estimate of drug-likeness (QED) is 0.600. The van der Waals surface area contributed by atoms with Crippen molar-refractivity contribution in [2.75, 3.05) is 51.5 Å². The first-order valence-electron chi connectivity index (χ1n) is 6.42. The first kappa shape index (κ1) is 16.7. The van der Waals surface area contributed by atoms with Crippen LogP contribution in [0.4, 0.5) is 11.4 Å². The molecule has 0 amide bonds. The van der Waals surface area contributed by atoms with Crippen LogP contribution in [-0.2, 0) is 14.8 Å². The van der Waals surface area contributed by atoms with Gasteiger partial charge in [0, 0.05) is 34.3 Å². The molecule has 0 fully saturated rings. The number of likely N-dealkylation sites (N-methyl/N-ethyl adjacent to an activating group) is 1. The largest absolute Gasteiger partial charge is 0.396 e. The molecule has 0 radical (unpaired) electrons. The lowest BCUT2D eigenvalue weighted by Gasteiger charge is -2.23. The summed E-state index contributed by atoms with van der Waals surface area (Å²) in [5.41, 5.74) is 6.98. The average Bonchev–Trinajstić information content (AvgIpc) is 2.38. The van der Waals surface area contributed by atoms with Crippen molar-refractivity contribution in [3.63, 3.8) is 0 Å². The third-order valence-electron chi connectivity index (χ3n) is 2.99. The summed E-state index contributed by atoms with van der Waals surface area (Å²) < 4.78 is 30.8. The number of nitrogens with zero attached hydrogens (tertiary/aromatic N) is 2. The zero-order valence-corrected chi connectivity index (χ0v) is 13.3. The lowest BCUT2D eigenvalue weighted by atomic mass is 10.2. The Morgan fingerprint density at radius 2 is 1.90 bits per heavy atom. The summed E-state index contributed by atoms with van der Waals surface area (Å²) in [4.78, 5) is 2.02. The number of para-hydroxylation sites is 1. The normalized spacial score (nSPS) is 11.8. The van der Waals surface area contributed by atoms with Crippen molar-refractivity contribution in [3.05, 3.63) is 18.2 Å². The van der Waals surface area contributed by atoms with Gasteiger partial charge in [-0.05, 0) is 19.1 Å². The van der Waals surface area contributed by atoms with Crippen molar-refractivity contribution in [2.45, 2.75) is 11.8 Å². The summed E-state index contributed by atoms with van der Waals surface area (Å²) in [7, 11) is 1.29. The highest BCUT2D eigenvalue weighted by atomic mass is 32.2. The molecule has 0 heterocycles. The summed E-state index contributed by atoms with van der Waals surface area (Å²) >= 11 is 0. The van der Waals surface area contributed by atoms with E-state index in [2.05, 4.69) is 0 Å². The molecule has 0 saturated carbocycles. The zero-order chi connectivity index (χ0) is 15.3. The highest BCUT2D eigenvalue weighted by molar-refractivity contribution is 7.89. The molecule has 7 heteroatoms. The molecule has 0 saturated heterocycles. The Labute approximate surface area is 121 Å². The van der Waals surface area contributed by atoms with E-state index in [4.69, 9.17) is 10.5 Å². The van der Waals surface area contributed by atoms with Gasteiger partial charge in [0.15, 0.2) is 0 Å². The molecule has 0 atom stereocenters. The average molecular weight is 301 g/mol. The van der Waals surface area contributed by atoms with Crippen LogP contribution in [0.5, 0.6) is 0 Å². The Hall–Kier alpha value is -1.31. The maximum atomic E-state index is 12.2. The minimum absolute atomic E-state index is 0.128. The fraction of sp³-hybridized carbons (Fsp3) is 0.538. The second-order valence-electron chi connectivity index (χ2n) is 4.59. The smallest absolute Gasteiger partial charge is 0.244 e. The van der Waals surface area contributed by atoms with Crippen LogP contribution in [0.15, 0.2) is 23.1 Å². The molecule has 20 heavy (non-hydrogen) atoms. The first-order chi connectivity index (χ1) is 9.32. The van der Waals surface area contributed by atoms with Crippen molar-refractivity contribution < 1.29 is 13.2 Å². The topological polar surface area (TPSA) is 75.9 Å². The van der Waals surface area contributed by atoms with Crippen molar-refractivity contribution in [3.8, 4) is 0 Å². The van der Waals surface area contributed by atoms with Gasteiger partial charge in [-0.2, -0.15) is 0 Å². The maximum Gasteiger partial charge on any atom is 0.244 e. The Balaban J connectivity index is 3.07. The minimum atomic E-state index is -3.54. The van der Waals surface area contributed by atoms with Crippen LogP contribution in [0.1, 0.15) is 6.92 Å². The van der Waals surface area contributed by atoms with Gasteiger partial charge in [0.25, 0.3) is 0 Å². The molecular formula is C13H23N3O3S. The van der Waals surface area contributed by atoms with Gasteiger partial charge in [0.2, 0.25) is 10.0 Å². The van der Waals surface area contributed by atoms with Gasteiger partial charge in [-0.15, -0.1) is 0 Å². The highest BCUT2D eigenvalue weighted by Crippen LogP contribution is 2.30. The fourth-order valence-electron chi connectivity index (χ4n) is 1.75. The Bertz CT molecular complexity index is 544.